The zero-order valence-corrected chi connectivity index (χ0v) is 22.5. The molecule has 2 saturated carbocycles. The van der Waals surface area contributed by atoms with Crippen LogP contribution in [0.5, 0.6) is 0 Å². The van der Waals surface area contributed by atoms with E-state index in [-0.39, 0.29) is 36.2 Å². The highest BCUT2D eigenvalue weighted by molar-refractivity contribution is 6.13. The SMILES string of the molecule is Cc1ncnc([C@H]2C[C@@H]2C(=O)Nc2cc(NCc3cn4cc(C5CC5)cc(N5CC(=O)N(C)C5=O)c4n3)ncn2)n1. The second-order valence-corrected chi connectivity index (χ2v) is 10.7. The molecule has 2 atom stereocenters. The van der Waals surface area contributed by atoms with E-state index in [1.807, 2.05) is 22.9 Å². The third-order valence-electron chi connectivity index (χ3n) is 7.67. The molecule has 0 unspecified atom stereocenters. The molecule has 41 heavy (non-hydrogen) atoms. The van der Waals surface area contributed by atoms with Crippen molar-refractivity contribution in [1.29, 1.82) is 0 Å². The van der Waals surface area contributed by atoms with Gasteiger partial charge in [-0.25, -0.2) is 34.7 Å². The van der Waals surface area contributed by atoms with Crippen LogP contribution in [0.15, 0.2) is 37.2 Å². The minimum atomic E-state index is -0.357. The number of imidazole rings is 1. The summed E-state index contributed by atoms with van der Waals surface area (Å²) in [4.78, 5) is 66.1. The zero-order valence-electron chi connectivity index (χ0n) is 22.5. The summed E-state index contributed by atoms with van der Waals surface area (Å²) in [5.74, 6) is 2.00. The molecule has 1 saturated heterocycles. The van der Waals surface area contributed by atoms with Crippen molar-refractivity contribution >= 4 is 40.8 Å². The quantitative estimate of drug-likeness (QED) is 0.309. The molecule has 4 aromatic rings. The van der Waals surface area contributed by atoms with E-state index >= 15 is 0 Å². The maximum Gasteiger partial charge on any atom is 0.331 e. The molecule has 3 aliphatic rings. The highest BCUT2D eigenvalue weighted by atomic mass is 16.2. The number of aryl methyl sites for hydroxylation is 1. The third kappa shape index (κ3) is 4.81. The number of urea groups is 1. The second kappa shape index (κ2) is 9.57. The van der Waals surface area contributed by atoms with Gasteiger partial charge in [-0.05, 0) is 43.7 Å². The molecule has 2 N–H and O–H groups in total. The van der Waals surface area contributed by atoms with Crippen molar-refractivity contribution in [2.45, 2.75) is 44.6 Å². The molecule has 5 heterocycles. The molecule has 14 heteroatoms. The number of carbonyl (C=O) groups excluding carboxylic acids is 3. The zero-order chi connectivity index (χ0) is 28.2. The minimum Gasteiger partial charge on any atom is -0.364 e. The first-order valence-corrected chi connectivity index (χ1v) is 13.5. The fraction of sp³-hybridized carbons (Fsp3) is 0.370. The Balaban J connectivity index is 1.05. The molecule has 7 rings (SSSR count). The number of amides is 4. The van der Waals surface area contributed by atoms with Gasteiger partial charge >= 0.3 is 6.03 Å². The molecule has 3 fully saturated rings. The summed E-state index contributed by atoms with van der Waals surface area (Å²) >= 11 is 0. The number of aromatic nitrogens is 7. The number of imide groups is 1. The number of nitrogens with zero attached hydrogens (tertiary/aromatic N) is 9. The Bertz CT molecular complexity index is 1720. The van der Waals surface area contributed by atoms with E-state index in [1.54, 1.807) is 13.0 Å². The molecule has 0 spiro atoms. The van der Waals surface area contributed by atoms with Crippen LogP contribution >= 0.6 is 0 Å². The van der Waals surface area contributed by atoms with E-state index in [1.165, 1.54) is 24.6 Å². The van der Waals surface area contributed by atoms with Crippen molar-refractivity contribution in [3.63, 3.8) is 0 Å². The van der Waals surface area contributed by atoms with Crippen LogP contribution in [-0.4, -0.2) is 70.6 Å². The van der Waals surface area contributed by atoms with Crippen LogP contribution in [0.4, 0.5) is 22.1 Å². The smallest absolute Gasteiger partial charge is 0.331 e. The number of anilines is 3. The molecule has 208 valence electrons. The summed E-state index contributed by atoms with van der Waals surface area (Å²) in [6.45, 7) is 2.14. The molecule has 14 nitrogen and oxygen atoms in total. The summed E-state index contributed by atoms with van der Waals surface area (Å²) < 4.78 is 1.92. The topological polar surface area (TPSA) is 164 Å². The summed E-state index contributed by atoms with van der Waals surface area (Å²) in [7, 11) is 1.49. The Morgan fingerprint density at radius 3 is 2.59 bits per heavy atom. The van der Waals surface area contributed by atoms with Gasteiger partial charge in [0.25, 0.3) is 0 Å². The van der Waals surface area contributed by atoms with Gasteiger partial charge in [-0.1, -0.05) is 0 Å². The predicted molar refractivity (Wildman–Crippen MR) is 146 cm³/mol. The second-order valence-electron chi connectivity index (χ2n) is 10.7. The fourth-order valence-corrected chi connectivity index (χ4v) is 5.13. The fourth-order valence-electron chi connectivity index (χ4n) is 5.13. The van der Waals surface area contributed by atoms with Crippen LogP contribution in [0.25, 0.3) is 5.65 Å². The van der Waals surface area contributed by atoms with Crippen LogP contribution in [0.3, 0.4) is 0 Å². The maximum absolute atomic E-state index is 12.8. The van der Waals surface area contributed by atoms with Crippen LogP contribution in [-0.2, 0) is 16.1 Å². The van der Waals surface area contributed by atoms with Crippen LogP contribution in [0.2, 0.25) is 0 Å². The highest BCUT2D eigenvalue weighted by Gasteiger charge is 2.46. The van der Waals surface area contributed by atoms with E-state index in [4.69, 9.17) is 4.98 Å². The number of hydrogen-bond acceptors (Lipinski definition) is 10. The van der Waals surface area contributed by atoms with Crippen LogP contribution < -0.4 is 15.5 Å². The molecule has 4 aromatic heterocycles. The molecule has 4 amide bonds. The Kier molecular flexibility index (Phi) is 5.83. The molecule has 1 aliphatic heterocycles. The number of rotatable bonds is 8. The van der Waals surface area contributed by atoms with E-state index in [2.05, 4.69) is 35.6 Å². The number of hydrogen-bond donors (Lipinski definition) is 2. The van der Waals surface area contributed by atoms with Gasteiger partial charge in [0, 0.05) is 37.3 Å². The van der Waals surface area contributed by atoms with Crippen LogP contribution in [0.1, 0.15) is 54.0 Å². The maximum atomic E-state index is 12.8. The highest BCUT2D eigenvalue weighted by Crippen LogP contribution is 2.46. The van der Waals surface area contributed by atoms with Gasteiger partial charge in [-0.15, -0.1) is 0 Å². The van der Waals surface area contributed by atoms with Crippen molar-refractivity contribution in [2.75, 3.05) is 29.1 Å². The number of nitrogens with one attached hydrogen (secondary N) is 2. The van der Waals surface area contributed by atoms with E-state index < -0.39 is 0 Å². The van der Waals surface area contributed by atoms with Crippen molar-refractivity contribution in [2.24, 2.45) is 5.92 Å². The number of pyridine rings is 1. The number of carbonyl (C=O) groups is 3. The van der Waals surface area contributed by atoms with Gasteiger partial charge in [0.15, 0.2) is 5.65 Å². The van der Waals surface area contributed by atoms with Gasteiger partial charge in [0.2, 0.25) is 11.8 Å². The lowest BCUT2D eigenvalue weighted by Crippen LogP contribution is -2.30. The van der Waals surface area contributed by atoms with E-state index in [9.17, 15) is 14.4 Å². The summed E-state index contributed by atoms with van der Waals surface area (Å²) in [6, 6.07) is 3.29. The Morgan fingerprint density at radius 2 is 1.83 bits per heavy atom. The summed E-state index contributed by atoms with van der Waals surface area (Å²) in [5.41, 5.74) is 3.08. The largest absolute Gasteiger partial charge is 0.364 e. The molecular formula is C27H27N11O3. The number of fused-ring (bicyclic) bond motifs is 1. The van der Waals surface area contributed by atoms with Gasteiger partial charge < -0.3 is 15.0 Å². The van der Waals surface area contributed by atoms with Crippen LogP contribution in [0, 0.1) is 12.8 Å². The Morgan fingerprint density at radius 1 is 1.02 bits per heavy atom. The lowest BCUT2D eigenvalue weighted by atomic mass is 10.1. The molecule has 0 aromatic carbocycles. The lowest BCUT2D eigenvalue weighted by Gasteiger charge is -2.17. The molecular weight excluding hydrogens is 526 g/mol. The van der Waals surface area contributed by atoms with Gasteiger partial charge in [-0.3, -0.25) is 19.4 Å². The Labute approximate surface area is 234 Å². The first-order valence-electron chi connectivity index (χ1n) is 13.5. The first kappa shape index (κ1) is 25.0. The third-order valence-corrected chi connectivity index (χ3v) is 7.67. The van der Waals surface area contributed by atoms with Gasteiger partial charge in [0.05, 0.1) is 17.9 Å². The Hall–Kier alpha value is -5.01. The molecule has 2 aliphatic carbocycles. The summed E-state index contributed by atoms with van der Waals surface area (Å²) in [5, 5.41) is 6.10. The van der Waals surface area contributed by atoms with Crippen molar-refractivity contribution < 1.29 is 14.4 Å². The molecule has 0 radical (unpaired) electrons. The number of likely N-dealkylation sites (N-methyl/N-ethyl adjacent to an activating group) is 1. The monoisotopic (exact) mass is 553 g/mol. The van der Waals surface area contributed by atoms with Gasteiger partial charge in [0.1, 0.15) is 42.5 Å². The van der Waals surface area contributed by atoms with Gasteiger partial charge in [-0.2, -0.15) is 0 Å². The minimum absolute atomic E-state index is 0.00812. The van der Waals surface area contributed by atoms with Crippen molar-refractivity contribution in [1.82, 2.24) is 39.2 Å². The normalized spacial score (nSPS) is 20.1. The predicted octanol–water partition coefficient (Wildman–Crippen LogP) is 2.25. The first-order chi connectivity index (χ1) is 19.8. The average molecular weight is 554 g/mol. The lowest BCUT2D eigenvalue weighted by molar-refractivity contribution is -0.124. The molecule has 0 bridgehead atoms. The van der Waals surface area contributed by atoms with Crippen molar-refractivity contribution in [3.05, 3.63) is 60.1 Å². The average Bonchev–Trinajstić information content (AvgIpc) is 3.89. The van der Waals surface area contributed by atoms with E-state index in [0.717, 1.165) is 29.0 Å². The standard InChI is InChI=1S/C27H27N11O3/c1-14-29-12-32-24(33-14)18-6-19(18)26(40)35-22-7-21(30-13-31-22)28-8-17-10-37-9-16(15-3-4-15)5-20(25(37)34-17)38-11-23(39)36(2)27(38)41/h5,7,9-10,12-13,15,18-19H,3-4,6,8,11H2,1-2H3,(H2,28,30,31,35,40)/t18-,19-/m0/s1. The summed E-state index contributed by atoms with van der Waals surface area (Å²) in [6.07, 6.45) is 9.68. The van der Waals surface area contributed by atoms with Crippen molar-refractivity contribution in [3.8, 4) is 0 Å². The van der Waals surface area contributed by atoms with E-state index in [0.29, 0.717) is 53.5 Å².